The molecule has 1 aromatic rings. The van der Waals surface area contributed by atoms with E-state index in [2.05, 4.69) is 10.3 Å². The predicted octanol–water partition coefficient (Wildman–Crippen LogP) is 4.36. The number of ether oxygens (including phenoxy) is 1. The number of pyridine rings is 1. The molecule has 4 nitrogen and oxygen atoms in total. The van der Waals surface area contributed by atoms with E-state index < -0.39 is 23.6 Å². The van der Waals surface area contributed by atoms with Crippen LogP contribution in [-0.2, 0) is 10.9 Å². The topological polar surface area (TPSA) is 51.2 Å². The number of alkyl halides is 3. The van der Waals surface area contributed by atoms with Gasteiger partial charge in [0.15, 0.2) is 0 Å². The molecule has 0 aromatic carbocycles. The first-order valence-corrected chi connectivity index (χ1v) is 6.72. The first-order valence-electron chi connectivity index (χ1n) is 5.64. The van der Waals surface area contributed by atoms with Gasteiger partial charge in [0.1, 0.15) is 11.3 Å². The first-order chi connectivity index (χ1) is 8.92. The van der Waals surface area contributed by atoms with Gasteiger partial charge in [0.05, 0.1) is 11.9 Å². The first kappa shape index (κ1) is 17.0. The van der Waals surface area contributed by atoms with Crippen molar-refractivity contribution in [1.29, 1.82) is 0 Å². The van der Waals surface area contributed by atoms with Gasteiger partial charge < -0.3 is 4.74 Å². The second-order valence-corrected chi connectivity index (χ2v) is 6.16. The number of halogens is 4. The predicted molar refractivity (Wildman–Crippen MR) is 76.5 cm³/mol. The second kappa shape index (κ2) is 5.74. The van der Waals surface area contributed by atoms with Gasteiger partial charge in [-0.05, 0) is 55.8 Å². The number of carbonyl (C=O) groups is 1. The lowest BCUT2D eigenvalue weighted by Crippen LogP contribution is -2.27. The number of hydrogen-bond donors (Lipinski definition) is 1. The van der Waals surface area contributed by atoms with Gasteiger partial charge in [0, 0.05) is 3.57 Å². The minimum atomic E-state index is -4.52. The van der Waals surface area contributed by atoms with Crippen LogP contribution in [0.2, 0.25) is 0 Å². The largest absolute Gasteiger partial charge is 0.444 e. The van der Waals surface area contributed by atoms with Crippen molar-refractivity contribution in [3.05, 3.63) is 21.0 Å². The van der Waals surface area contributed by atoms with Crippen LogP contribution in [0.3, 0.4) is 0 Å². The highest BCUT2D eigenvalue weighted by atomic mass is 127. The van der Waals surface area contributed by atoms with Gasteiger partial charge in [-0.1, -0.05) is 0 Å². The lowest BCUT2D eigenvalue weighted by Gasteiger charge is -2.20. The molecule has 112 valence electrons. The minimum absolute atomic E-state index is 0.0355. The Balaban J connectivity index is 3.00. The fourth-order valence-corrected chi connectivity index (χ4v) is 1.90. The fraction of sp³-hybridized carbons (Fsp3) is 0.500. The van der Waals surface area contributed by atoms with Crippen LogP contribution in [-0.4, -0.2) is 16.7 Å². The van der Waals surface area contributed by atoms with E-state index in [0.29, 0.717) is 0 Å². The van der Waals surface area contributed by atoms with Crippen molar-refractivity contribution in [1.82, 2.24) is 4.98 Å². The Kier molecular flexibility index (Phi) is 4.88. The van der Waals surface area contributed by atoms with E-state index in [1.54, 1.807) is 43.4 Å². The van der Waals surface area contributed by atoms with Crippen LogP contribution in [0.5, 0.6) is 0 Å². The molecule has 0 saturated carbocycles. The molecule has 8 heteroatoms. The van der Waals surface area contributed by atoms with E-state index in [1.165, 1.54) is 6.92 Å². The summed E-state index contributed by atoms with van der Waals surface area (Å²) in [5.41, 5.74) is -1.50. The summed E-state index contributed by atoms with van der Waals surface area (Å²) in [4.78, 5) is 14.9. The van der Waals surface area contributed by atoms with Gasteiger partial charge in [0.2, 0.25) is 0 Å². The summed E-state index contributed by atoms with van der Waals surface area (Å²) in [5.74, 6) is 0. The highest BCUT2D eigenvalue weighted by molar-refractivity contribution is 14.1. The summed E-state index contributed by atoms with van der Waals surface area (Å²) in [6, 6.07) is 0. The molecule has 0 aliphatic carbocycles. The van der Waals surface area contributed by atoms with E-state index in [1.807, 2.05) is 0 Å². The number of rotatable bonds is 1. The molecule has 1 rings (SSSR count). The van der Waals surface area contributed by atoms with Crippen LogP contribution in [0.4, 0.5) is 23.7 Å². The molecule has 0 spiro atoms. The SMILES string of the molecule is Cc1c(C(F)(F)F)ncc(NC(=O)OC(C)(C)C)c1I. The molecular formula is C12H14F3IN2O2. The Hall–Kier alpha value is -1.06. The normalized spacial score (nSPS) is 12.2. The molecule has 1 N–H and O–H groups in total. The average molecular weight is 402 g/mol. The fourth-order valence-electron chi connectivity index (χ4n) is 1.38. The summed E-state index contributed by atoms with van der Waals surface area (Å²) in [6.45, 7) is 6.37. The quantitative estimate of drug-likeness (QED) is 0.711. The summed E-state index contributed by atoms with van der Waals surface area (Å²) in [7, 11) is 0. The molecule has 0 aliphatic rings. The standard InChI is InChI=1S/C12H14F3IN2O2/c1-6-8(16)7(5-17-9(6)12(13,14)15)18-10(19)20-11(2,3)4/h5H,1-4H3,(H,18,19). The summed E-state index contributed by atoms with van der Waals surface area (Å²) < 4.78 is 43.3. The van der Waals surface area contributed by atoms with Crippen LogP contribution in [0, 0.1) is 10.5 Å². The maximum Gasteiger partial charge on any atom is 0.433 e. The highest BCUT2D eigenvalue weighted by Gasteiger charge is 2.35. The lowest BCUT2D eigenvalue weighted by atomic mass is 10.2. The van der Waals surface area contributed by atoms with Crippen molar-refractivity contribution in [3.63, 3.8) is 0 Å². The molecule has 0 bridgehead atoms. The molecule has 20 heavy (non-hydrogen) atoms. The van der Waals surface area contributed by atoms with E-state index in [9.17, 15) is 18.0 Å². The van der Waals surface area contributed by atoms with Gasteiger partial charge >= 0.3 is 12.3 Å². The van der Waals surface area contributed by atoms with Crippen LogP contribution in [0.25, 0.3) is 0 Å². The molecule has 1 aromatic heterocycles. The van der Waals surface area contributed by atoms with Crippen molar-refractivity contribution < 1.29 is 22.7 Å². The van der Waals surface area contributed by atoms with Crippen LogP contribution in [0.15, 0.2) is 6.20 Å². The number of hydrogen-bond acceptors (Lipinski definition) is 3. The molecule has 0 saturated heterocycles. The molecule has 0 atom stereocenters. The number of aromatic nitrogens is 1. The molecule has 0 fully saturated rings. The third kappa shape index (κ3) is 4.50. The minimum Gasteiger partial charge on any atom is -0.444 e. The molecule has 1 heterocycles. The monoisotopic (exact) mass is 402 g/mol. The average Bonchev–Trinajstić information content (AvgIpc) is 2.20. The number of nitrogens with zero attached hydrogens (tertiary/aromatic N) is 1. The van der Waals surface area contributed by atoms with Crippen LogP contribution < -0.4 is 5.32 Å². The Morgan fingerprint density at radius 3 is 2.35 bits per heavy atom. The summed E-state index contributed by atoms with van der Waals surface area (Å²) >= 11 is 1.73. The molecule has 1 amide bonds. The summed E-state index contributed by atoms with van der Waals surface area (Å²) in [5, 5.41) is 2.39. The van der Waals surface area contributed by atoms with Crippen molar-refractivity contribution in [2.24, 2.45) is 0 Å². The maximum atomic E-state index is 12.7. The van der Waals surface area contributed by atoms with Crippen LogP contribution in [0.1, 0.15) is 32.0 Å². The number of nitrogens with one attached hydrogen (secondary N) is 1. The Morgan fingerprint density at radius 1 is 1.35 bits per heavy atom. The van der Waals surface area contributed by atoms with Gasteiger partial charge in [-0.15, -0.1) is 0 Å². The zero-order valence-electron chi connectivity index (χ0n) is 11.4. The Labute approximate surface area is 128 Å². The second-order valence-electron chi connectivity index (χ2n) is 5.08. The van der Waals surface area contributed by atoms with Crippen molar-refractivity contribution in [3.8, 4) is 0 Å². The summed E-state index contributed by atoms with van der Waals surface area (Å²) in [6.07, 6.45) is -4.29. The lowest BCUT2D eigenvalue weighted by molar-refractivity contribution is -0.141. The Bertz CT molecular complexity index is 525. The van der Waals surface area contributed by atoms with Gasteiger partial charge in [0.25, 0.3) is 0 Å². The smallest absolute Gasteiger partial charge is 0.433 e. The van der Waals surface area contributed by atoms with Gasteiger partial charge in [-0.2, -0.15) is 13.2 Å². The van der Waals surface area contributed by atoms with E-state index in [4.69, 9.17) is 4.74 Å². The number of amides is 1. The van der Waals surface area contributed by atoms with E-state index >= 15 is 0 Å². The molecule has 0 aliphatic heterocycles. The van der Waals surface area contributed by atoms with Crippen molar-refractivity contribution >= 4 is 34.4 Å². The third-order valence-corrected chi connectivity index (χ3v) is 3.54. The molecular weight excluding hydrogens is 388 g/mol. The van der Waals surface area contributed by atoms with E-state index in [-0.39, 0.29) is 14.8 Å². The van der Waals surface area contributed by atoms with Gasteiger partial charge in [-0.3, -0.25) is 5.32 Å². The molecule has 0 unspecified atom stereocenters. The van der Waals surface area contributed by atoms with Gasteiger partial charge in [-0.25, -0.2) is 9.78 Å². The molecule has 0 radical (unpaired) electrons. The third-order valence-electron chi connectivity index (χ3n) is 2.15. The van der Waals surface area contributed by atoms with Crippen molar-refractivity contribution in [2.75, 3.05) is 5.32 Å². The Morgan fingerprint density at radius 2 is 1.90 bits per heavy atom. The van der Waals surface area contributed by atoms with Crippen LogP contribution >= 0.6 is 22.6 Å². The zero-order chi connectivity index (χ0) is 15.7. The number of anilines is 1. The highest BCUT2D eigenvalue weighted by Crippen LogP contribution is 2.34. The van der Waals surface area contributed by atoms with E-state index in [0.717, 1.165) is 6.20 Å². The maximum absolute atomic E-state index is 12.7. The number of carbonyl (C=O) groups excluding carboxylic acids is 1. The zero-order valence-corrected chi connectivity index (χ0v) is 13.5. The van der Waals surface area contributed by atoms with Crippen molar-refractivity contribution in [2.45, 2.75) is 39.5 Å².